The minimum Gasteiger partial charge on any atom is -0.306 e. The topological polar surface area (TPSA) is 57.8 Å². The SMILES string of the molecule is O=C(/C=C/c1ccccc1)Nc1cc(-c2ccc(Br)cc2)[nH]n1. The van der Waals surface area contributed by atoms with Crippen LogP contribution in [0.1, 0.15) is 5.56 Å². The van der Waals surface area contributed by atoms with Gasteiger partial charge in [0, 0.05) is 16.6 Å². The van der Waals surface area contributed by atoms with Crippen molar-refractivity contribution >= 4 is 33.7 Å². The highest BCUT2D eigenvalue weighted by Gasteiger charge is 2.05. The summed E-state index contributed by atoms with van der Waals surface area (Å²) in [7, 11) is 0. The van der Waals surface area contributed by atoms with Crippen LogP contribution in [0.25, 0.3) is 17.3 Å². The number of aromatic amines is 1. The molecule has 0 fully saturated rings. The summed E-state index contributed by atoms with van der Waals surface area (Å²) in [5.74, 6) is 0.272. The molecular weight excluding hydrogens is 354 g/mol. The molecule has 3 aromatic rings. The largest absolute Gasteiger partial charge is 0.306 e. The van der Waals surface area contributed by atoms with E-state index < -0.39 is 0 Å². The molecule has 114 valence electrons. The number of H-pyrrole nitrogens is 1. The van der Waals surface area contributed by atoms with Crippen molar-refractivity contribution in [3.8, 4) is 11.3 Å². The van der Waals surface area contributed by atoms with E-state index in [0.717, 1.165) is 21.3 Å². The van der Waals surface area contributed by atoms with E-state index in [-0.39, 0.29) is 5.91 Å². The van der Waals surface area contributed by atoms with Crippen LogP contribution in [-0.4, -0.2) is 16.1 Å². The Morgan fingerprint density at radius 2 is 1.83 bits per heavy atom. The summed E-state index contributed by atoms with van der Waals surface area (Å²) in [4.78, 5) is 11.9. The molecule has 0 radical (unpaired) electrons. The maximum atomic E-state index is 11.9. The summed E-state index contributed by atoms with van der Waals surface area (Å²) >= 11 is 3.40. The van der Waals surface area contributed by atoms with Gasteiger partial charge in [0.25, 0.3) is 0 Å². The average Bonchev–Trinajstić information content (AvgIpc) is 3.03. The van der Waals surface area contributed by atoms with Crippen LogP contribution < -0.4 is 5.32 Å². The molecule has 5 heteroatoms. The van der Waals surface area contributed by atoms with Gasteiger partial charge in [0.1, 0.15) is 0 Å². The third kappa shape index (κ3) is 4.17. The summed E-state index contributed by atoms with van der Waals surface area (Å²) in [6, 6.07) is 19.3. The van der Waals surface area contributed by atoms with Crippen molar-refractivity contribution in [2.45, 2.75) is 0 Å². The maximum Gasteiger partial charge on any atom is 0.249 e. The number of hydrogen-bond donors (Lipinski definition) is 2. The number of nitrogens with one attached hydrogen (secondary N) is 2. The standard InChI is InChI=1S/C18H14BrN3O/c19-15-9-7-14(8-10-15)16-12-17(22-21-16)20-18(23)11-6-13-4-2-1-3-5-13/h1-12H,(H2,20,21,22,23)/b11-6+. The molecule has 0 aliphatic rings. The first kappa shape index (κ1) is 15.2. The molecule has 0 saturated heterocycles. The first-order valence-corrected chi connectivity index (χ1v) is 7.85. The van der Waals surface area contributed by atoms with Gasteiger partial charge in [0.2, 0.25) is 5.91 Å². The predicted octanol–water partition coefficient (Wildman–Crippen LogP) is 4.49. The molecule has 2 N–H and O–H groups in total. The second kappa shape index (κ2) is 7.07. The van der Waals surface area contributed by atoms with Gasteiger partial charge < -0.3 is 5.32 Å². The van der Waals surface area contributed by atoms with Crippen molar-refractivity contribution in [2.75, 3.05) is 5.32 Å². The van der Waals surface area contributed by atoms with Gasteiger partial charge in [-0.2, -0.15) is 5.10 Å². The maximum absolute atomic E-state index is 11.9. The zero-order chi connectivity index (χ0) is 16.1. The Balaban J connectivity index is 1.66. The van der Waals surface area contributed by atoms with Crippen LogP contribution in [0, 0.1) is 0 Å². The van der Waals surface area contributed by atoms with Crippen molar-refractivity contribution < 1.29 is 4.79 Å². The van der Waals surface area contributed by atoms with E-state index in [4.69, 9.17) is 0 Å². The lowest BCUT2D eigenvalue weighted by Crippen LogP contribution is -2.07. The summed E-state index contributed by atoms with van der Waals surface area (Å²) in [5, 5.41) is 9.76. The first-order chi connectivity index (χ1) is 11.2. The number of amides is 1. The van der Waals surface area contributed by atoms with Crippen LogP contribution in [0.15, 0.2) is 71.2 Å². The summed E-state index contributed by atoms with van der Waals surface area (Å²) in [6.07, 6.45) is 3.25. The molecule has 0 unspecified atom stereocenters. The molecular formula is C18H14BrN3O. The lowest BCUT2D eigenvalue weighted by molar-refractivity contribution is -0.111. The van der Waals surface area contributed by atoms with Gasteiger partial charge >= 0.3 is 0 Å². The molecule has 4 nitrogen and oxygen atoms in total. The van der Waals surface area contributed by atoms with Crippen LogP contribution in [0.4, 0.5) is 5.82 Å². The number of halogens is 1. The minimum atomic E-state index is -0.220. The van der Waals surface area contributed by atoms with Gasteiger partial charge in [-0.15, -0.1) is 0 Å². The fraction of sp³-hybridized carbons (Fsp3) is 0. The number of carbonyl (C=O) groups excluding carboxylic acids is 1. The van der Waals surface area contributed by atoms with Crippen molar-refractivity contribution in [3.63, 3.8) is 0 Å². The molecule has 0 aliphatic heterocycles. The molecule has 0 atom stereocenters. The fourth-order valence-corrected chi connectivity index (χ4v) is 2.33. The van der Waals surface area contributed by atoms with E-state index in [0.29, 0.717) is 5.82 Å². The zero-order valence-electron chi connectivity index (χ0n) is 12.2. The molecule has 1 amide bonds. The highest BCUT2D eigenvalue weighted by molar-refractivity contribution is 9.10. The third-order valence-electron chi connectivity index (χ3n) is 3.21. The second-order valence-electron chi connectivity index (χ2n) is 4.91. The fourth-order valence-electron chi connectivity index (χ4n) is 2.07. The summed E-state index contributed by atoms with van der Waals surface area (Å²) < 4.78 is 1.01. The lowest BCUT2D eigenvalue weighted by Gasteiger charge is -1.97. The van der Waals surface area contributed by atoms with E-state index >= 15 is 0 Å². The number of aromatic nitrogens is 2. The smallest absolute Gasteiger partial charge is 0.249 e. The third-order valence-corrected chi connectivity index (χ3v) is 3.74. The summed E-state index contributed by atoms with van der Waals surface area (Å²) in [5.41, 5.74) is 2.82. The molecule has 0 bridgehead atoms. The van der Waals surface area contributed by atoms with Gasteiger partial charge in [-0.1, -0.05) is 58.4 Å². The van der Waals surface area contributed by atoms with Gasteiger partial charge in [-0.3, -0.25) is 9.89 Å². The summed E-state index contributed by atoms with van der Waals surface area (Å²) in [6.45, 7) is 0. The lowest BCUT2D eigenvalue weighted by atomic mass is 10.1. The van der Waals surface area contributed by atoms with Crippen molar-refractivity contribution in [1.29, 1.82) is 0 Å². The molecule has 1 heterocycles. The zero-order valence-corrected chi connectivity index (χ0v) is 13.7. The Kier molecular flexibility index (Phi) is 4.68. The van der Waals surface area contributed by atoms with Gasteiger partial charge in [0.15, 0.2) is 5.82 Å². The van der Waals surface area contributed by atoms with Crippen LogP contribution in [0.5, 0.6) is 0 Å². The number of carbonyl (C=O) groups is 1. The Morgan fingerprint density at radius 3 is 2.57 bits per heavy atom. The van der Waals surface area contributed by atoms with Crippen molar-refractivity contribution in [2.24, 2.45) is 0 Å². The number of anilines is 1. The highest BCUT2D eigenvalue weighted by Crippen LogP contribution is 2.21. The van der Waals surface area contributed by atoms with E-state index in [9.17, 15) is 4.79 Å². The quantitative estimate of drug-likeness (QED) is 0.667. The molecule has 0 saturated carbocycles. The van der Waals surface area contributed by atoms with Crippen LogP contribution >= 0.6 is 15.9 Å². The van der Waals surface area contributed by atoms with E-state index in [1.165, 1.54) is 6.08 Å². The van der Waals surface area contributed by atoms with E-state index in [2.05, 4.69) is 31.4 Å². The number of hydrogen-bond acceptors (Lipinski definition) is 2. The molecule has 1 aromatic heterocycles. The van der Waals surface area contributed by atoms with Crippen LogP contribution in [0.2, 0.25) is 0 Å². The number of rotatable bonds is 4. The van der Waals surface area contributed by atoms with Gasteiger partial charge in [0.05, 0.1) is 5.69 Å². The van der Waals surface area contributed by atoms with Crippen molar-refractivity contribution in [1.82, 2.24) is 10.2 Å². The molecule has 23 heavy (non-hydrogen) atoms. The molecule has 0 spiro atoms. The molecule has 0 aliphatic carbocycles. The van der Waals surface area contributed by atoms with Gasteiger partial charge in [-0.25, -0.2) is 0 Å². The van der Waals surface area contributed by atoms with Crippen molar-refractivity contribution in [3.05, 3.63) is 76.8 Å². The highest BCUT2D eigenvalue weighted by atomic mass is 79.9. The Bertz CT molecular complexity index is 823. The van der Waals surface area contributed by atoms with Gasteiger partial charge in [-0.05, 0) is 29.3 Å². The van der Waals surface area contributed by atoms with Crippen LogP contribution in [-0.2, 0) is 4.79 Å². The van der Waals surface area contributed by atoms with Crippen LogP contribution in [0.3, 0.4) is 0 Å². The Labute approximate surface area is 142 Å². The van der Waals surface area contributed by atoms with E-state index in [1.54, 1.807) is 12.1 Å². The Hall–Kier alpha value is -2.66. The molecule has 3 rings (SSSR count). The Morgan fingerprint density at radius 1 is 1.09 bits per heavy atom. The average molecular weight is 368 g/mol. The predicted molar refractivity (Wildman–Crippen MR) is 95.8 cm³/mol. The monoisotopic (exact) mass is 367 g/mol. The van der Waals surface area contributed by atoms with E-state index in [1.807, 2.05) is 54.6 Å². The second-order valence-corrected chi connectivity index (χ2v) is 5.82. The molecule has 2 aromatic carbocycles. The first-order valence-electron chi connectivity index (χ1n) is 7.06. The number of nitrogens with zero attached hydrogens (tertiary/aromatic N) is 1. The normalized spacial score (nSPS) is 10.8. The minimum absolute atomic E-state index is 0.220. The number of benzene rings is 2.